The van der Waals surface area contributed by atoms with Crippen LogP contribution in [0.5, 0.6) is 11.5 Å². The van der Waals surface area contributed by atoms with Gasteiger partial charge in [-0.1, -0.05) is 0 Å². The predicted molar refractivity (Wildman–Crippen MR) is 147 cm³/mol. The molecule has 7 nitrogen and oxygen atoms in total. The second-order valence-corrected chi connectivity index (χ2v) is 11.9. The van der Waals surface area contributed by atoms with Crippen LogP contribution in [0.25, 0.3) is 16.1 Å². The summed E-state index contributed by atoms with van der Waals surface area (Å²) in [4.78, 5) is 3.83. The van der Waals surface area contributed by atoms with Crippen LogP contribution in [0.1, 0.15) is 36.9 Å². The number of rotatable bonds is 11. The Bertz CT molecular complexity index is 1170. The molecule has 0 bridgehead atoms. The van der Waals surface area contributed by atoms with Crippen molar-refractivity contribution in [2.24, 2.45) is 11.8 Å². The van der Waals surface area contributed by atoms with Gasteiger partial charge in [0.25, 0.3) is 0 Å². The molecule has 1 saturated heterocycles. The minimum atomic E-state index is 0.495. The molecule has 0 unspecified atom stereocenters. The van der Waals surface area contributed by atoms with Crippen LogP contribution in [0.3, 0.4) is 0 Å². The first-order chi connectivity index (χ1) is 17.6. The number of anilines is 1. The number of hydrogen-bond donors (Lipinski definition) is 0. The van der Waals surface area contributed by atoms with Gasteiger partial charge in [-0.25, -0.2) is 4.52 Å². The molecule has 3 heterocycles. The summed E-state index contributed by atoms with van der Waals surface area (Å²) in [6, 6.07) is 4.08. The van der Waals surface area contributed by atoms with Crippen molar-refractivity contribution in [2.75, 3.05) is 58.8 Å². The fourth-order valence-electron chi connectivity index (χ4n) is 5.23. The highest BCUT2D eigenvalue weighted by atomic mass is 32.2. The van der Waals surface area contributed by atoms with Gasteiger partial charge in [0.05, 0.1) is 42.0 Å². The van der Waals surface area contributed by atoms with Crippen LogP contribution >= 0.6 is 23.1 Å². The van der Waals surface area contributed by atoms with Gasteiger partial charge in [-0.3, -0.25) is 0 Å². The van der Waals surface area contributed by atoms with Gasteiger partial charge in [0, 0.05) is 33.4 Å². The smallest absolute Gasteiger partial charge is 0.144 e. The van der Waals surface area contributed by atoms with E-state index in [1.807, 2.05) is 23.5 Å². The van der Waals surface area contributed by atoms with Crippen molar-refractivity contribution in [1.29, 1.82) is 0 Å². The van der Waals surface area contributed by atoms with Gasteiger partial charge in [-0.05, 0) is 68.4 Å². The minimum absolute atomic E-state index is 0.495. The largest absolute Gasteiger partial charge is 0.496 e. The lowest BCUT2D eigenvalue weighted by molar-refractivity contribution is 0.0682. The summed E-state index contributed by atoms with van der Waals surface area (Å²) < 4.78 is 26.1. The van der Waals surface area contributed by atoms with Crippen molar-refractivity contribution in [3.05, 3.63) is 23.4 Å². The lowest BCUT2D eigenvalue weighted by atomic mass is 9.99. The van der Waals surface area contributed by atoms with Crippen LogP contribution in [0, 0.1) is 18.8 Å². The second kappa shape index (κ2) is 11.2. The average molecular weight is 532 g/mol. The van der Waals surface area contributed by atoms with E-state index >= 15 is 0 Å². The molecule has 5 rings (SSSR count). The van der Waals surface area contributed by atoms with Crippen molar-refractivity contribution < 1.29 is 18.9 Å². The molecule has 0 N–H and O–H groups in total. The van der Waals surface area contributed by atoms with Gasteiger partial charge in [-0.15, -0.1) is 23.1 Å². The SMILES string of the molecule is COCc1cc(OC)c(-c2c(SC)sc3c(N(CC4CCOCC4)CC4CC4)c(C)nn23)c(OC)c1. The molecule has 0 atom stereocenters. The third-order valence-corrected chi connectivity index (χ3v) is 9.44. The fraction of sp³-hybridized carbons (Fsp3) is 0.593. The normalized spacial score (nSPS) is 16.6. The van der Waals surface area contributed by atoms with Gasteiger partial charge in [0.1, 0.15) is 22.0 Å². The van der Waals surface area contributed by atoms with Crippen LogP contribution in [0.15, 0.2) is 16.3 Å². The molecular formula is C27H37N3O4S2. The van der Waals surface area contributed by atoms with E-state index in [1.165, 1.54) is 27.6 Å². The van der Waals surface area contributed by atoms with Gasteiger partial charge >= 0.3 is 0 Å². The first-order valence-electron chi connectivity index (χ1n) is 12.7. The molecule has 1 aliphatic heterocycles. The Labute approximate surface area is 222 Å². The van der Waals surface area contributed by atoms with Crippen molar-refractivity contribution in [2.45, 2.75) is 43.4 Å². The molecule has 196 valence electrons. The second-order valence-electron chi connectivity index (χ2n) is 9.81. The summed E-state index contributed by atoms with van der Waals surface area (Å²) in [7, 11) is 5.12. The third kappa shape index (κ3) is 5.08. The standard InChI is InChI=1S/C27H37N3O4S2/c1-17-24(29(14-18-6-7-18)15-19-8-10-34-11-9-19)26-30(28-17)25(27(35-5)36-26)23-21(32-3)12-20(16-31-2)13-22(23)33-4/h12-13,18-19H,6-11,14-16H2,1-5H3. The first-order valence-corrected chi connectivity index (χ1v) is 14.7. The van der Waals surface area contributed by atoms with Gasteiger partial charge < -0.3 is 23.8 Å². The Morgan fingerprint density at radius 3 is 2.25 bits per heavy atom. The van der Waals surface area contributed by atoms with Crippen LogP contribution in [-0.4, -0.2) is 63.5 Å². The Morgan fingerprint density at radius 2 is 1.69 bits per heavy atom. The van der Waals surface area contributed by atoms with Crippen molar-refractivity contribution in [3.63, 3.8) is 0 Å². The highest BCUT2D eigenvalue weighted by molar-refractivity contribution is 8.00. The molecule has 0 amide bonds. The van der Waals surface area contributed by atoms with Gasteiger partial charge in [0.15, 0.2) is 0 Å². The summed E-state index contributed by atoms with van der Waals surface area (Å²) in [5.74, 6) is 3.00. The number of nitrogens with zero attached hydrogens (tertiary/aromatic N) is 3. The van der Waals surface area contributed by atoms with Crippen molar-refractivity contribution >= 4 is 33.6 Å². The molecule has 9 heteroatoms. The summed E-state index contributed by atoms with van der Waals surface area (Å²) >= 11 is 3.57. The van der Waals surface area contributed by atoms with Crippen LogP contribution in [0.2, 0.25) is 0 Å². The number of aromatic nitrogens is 2. The van der Waals surface area contributed by atoms with E-state index < -0.39 is 0 Å². The average Bonchev–Trinajstić information content (AvgIpc) is 3.56. The molecule has 2 aliphatic rings. The molecule has 1 aromatic carbocycles. The molecule has 36 heavy (non-hydrogen) atoms. The van der Waals surface area contributed by atoms with E-state index in [-0.39, 0.29) is 0 Å². The van der Waals surface area contributed by atoms with E-state index in [0.717, 1.165) is 79.1 Å². The molecular weight excluding hydrogens is 494 g/mol. The lowest BCUT2D eigenvalue weighted by Gasteiger charge is -2.31. The van der Waals surface area contributed by atoms with E-state index in [1.54, 1.807) is 33.1 Å². The fourth-order valence-corrected chi connectivity index (χ4v) is 7.24. The summed E-state index contributed by atoms with van der Waals surface area (Å²) in [6.45, 7) is 6.58. The number of benzene rings is 1. The lowest BCUT2D eigenvalue weighted by Crippen LogP contribution is -2.34. The topological polar surface area (TPSA) is 57.5 Å². The van der Waals surface area contributed by atoms with Crippen LogP contribution in [-0.2, 0) is 16.1 Å². The molecule has 1 aliphatic carbocycles. The molecule has 3 aromatic rings. The quantitative estimate of drug-likeness (QED) is 0.286. The van der Waals surface area contributed by atoms with E-state index in [4.69, 9.17) is 24.0 Å². The zero-order valence-electron chi connectivity index (χ0n) is 22.0. The molecule has 0 radical (unpaired) electrons. The number of hydrogen-bond acceptors (Lipinski definition) is 8. The minimum Gasteiger partial charge on any atom is -0.496 e. The van der Waals surface area contributed by atoms with E-state index in [0.29, 0.717) is 12.5 Å². The van der Waals surface area contributed by atoms with Gasteiger partial charge in [-0.2, -0.15) is 5.10 Å². The monoisotopic (exact) mass is 531 g/mol. The number of thiazole rings is 1. The summed E-state index contributed by atoms with van der Waals surface area (Å²) in [5, 5.41) is 5.12. The highest BCUT2D eigenvalue weighted by Gasteiger charge is 2.32. The van der Waals surface area contributed by atoms with Crippen LogP contribution < -0.4 is 14.4 Å². The Balaban J connectivity index is 1.63. The number of fused-ring (bicyclic) bond motifs is 1. The maximum absolute atomic E-state index is 5.89. The third-order valence-electron chi connectivity index (χ3n) is 7.19. The Kier molecular flexibility index (Phi) is 8.00. The molecule has 2 aromatic heterocycles. The zero-order chi connectivity index (χ0) is 25.2. The number of aryl methyl sites for hydroxylation is 1. The Hall–Kier alpha value is -1.94. The maximum Gasteiger partial charge on any atom is 0.144 e. The molecule has 1 saturated carbocycles. The maximum atomic E-state index is 5.89. The summed E-state index contributed by atoms with van der Waals surface area (Å²) in [6.07, 6.45) is 7.07. The Morgan fingerprint density at radius 1 is 1.06 bits per heavy atom. The van der Waals surface area contributed by atoms with Crippen molar-refractivity contribution in [3.8, 4) is 22.8 Å². The van der Waals surface area contributed by atoms with Gasteiger partial charge in [0.2, 0.25) is 0 Å². The highest BCUT2D eigenvalue weighted by Crippen LogP contribution is 2.49. The first kappa shape index (κ1) is 25.7. The number of methoxy groups -OCH3 is 3. The number of thioether (sulfide) groups is 1. The molecule has 2 fully saturated rings. The summed E-state index contributed by atoms with van der Waals surface area (Å²) in [5.41, 5.74) is 5.34. The van der Waals surface area contributed by atoms with E-state index in [9.17, 15) is 0 Å². The van der Waals surface area contributed by atoms with Crippen molar-refractivity contribution in [1.82, 2.24) is 9.61 Å². The number of ether oxygens (including phenoxy) is 4. The molecule has 0 spiro atoms. The predicted octanol–water partition coefficient (Wildman–Crippen LogP) is 5.90. The van der Waals surface area contributed by atoms with Crippen LogP contribution in [0.4, 0.5) is 5.69 Å². The zero-order valence-corrected chi connectivity index (χ0v) is 23.6. The van der Waals surface area contributed by atoms with E-state index in [2.05, 4.69) is 22.6 Å².